The van der Waals surface area contributed by atoms with Gasteiger partial charge in [0.25, 0.3) is 0 Å². The molecule has 1 saturated heterocycles. The number of aryl methyl sites for hydroxylation is 1. The number of carbonyl (C=O) groups is 1. The van der Waals surface area contributed by atoms with Crippen molar-refractivity contribution in [3.63, 3.8) is 0 Å². The van der Waals surface area contributed by atoms with E-state index in [1.807, 2.05) is 4.90 Å². The van der Waals surface area contributed by atoms with Crippen LogP contribution in [0.1, 0.15) is 42.0 Å². The molecule has 2 aliphatic rings. The van der Waals surface area contributed by atoms with E-state index in [9.17, 15) is 9.90 Å². The highest BCUT2D eigenvalue weighted by Gasteiger charge is 2.48. The van der Waals surface area contributed by atoms with Crippen LogP contribution < -0.4 is 0 Å². The second-order valence-electron chi connectivity index (χ2n) is 5.78. The second kappa shape index (κ2) is 5.25. The van der Waals surface area contributed by atoms with Crippen molar-refractivity contribution in [1.82, 2.24) is 4.90 Å². The van der Waals surface area contributed by atoms with Crippen LogP contribution in [0.3, 0.4) is 0 Å². The van der Waals surface area contributed by atoms with Crippen molar-refractivity contribution in [1.29, 1.82) is 0 Å². The van der Waals surface area contributed by atoms with Crippen LogP contribution in [-0.4, -0.2) is 35.1 Å². The number of piperidine rings is 1. The average Bonchev–Trinajstić information content (AvgIpc) is 3.12. The van der Waals surface area contributed by atoms with Gasteiger partial charge in [0.2, 0.25) is 5.91 Å². The van der Waals surface area contributed by atoms with Crippen LogP contribution in [0.4, 0.5) is 0 Å². The number of hydrogen-bond donors (Lipinski definition) is 1. The first kappa shape index (κ1) is 13.1. The van der Waals surface area contributed by atoms with E-state index >= 15 is 0 Å². The maximum absolute atomic E-state index is 12.6. The number of carbonyl (C=O) groups excluding carboxylic acids is 1. The number of amides is 1. The Morgan fingerprint density at radius 3 is 3.05 bits per heavy atom. The molecular weight excluding hydrogens is 258 g/mol. The molecule has 1 saturated carbocycles. The molecule has 1 aromatic heterocycles. The third-order valence-corrected chi connectivity index (χ3v) is 5.62. The molecule has 0 bridgehead atoms. The summed E-state index contributed by atoms with van der Waals surface area (Å²) in [6.45, 7) is 3.07. The maximum Gasteiger partial charge on any atom is 0.226 e. The molecule has 0 unspecified atom stereocenters. The second-order valence-corrected chi connectivity index (χ2v) is 6.73. The van der Waals surface area contributed by atoms with Gasteiger partial charge in [-0.05, 0) is 49.6 Å². The predicted molar refractivity (Wildman–Crippen MR) is 76.3 cm³/mol. The molecule has 104 valence electrons. The highest BCUT2D eigenvalue weighted by atomic mass is 32.1. The van der Waals surface area contributed by atoms with Gasteiger partial charge < -0.3 is 10.0 Å². The van der Waals surface area contributed by atoms with E-state index < -0.39 is 0 Å². The van der Waals surface area contributed by atoms with E-state index in [2.05, 4.69) is 18.4 Å². The van der Waals surface area contributed by atoms with Crippen molar-refractivity contribution >= 4 is 17.2 Å². The molecule has 0 spiro atoms. The van der Waals surface area contributed by atoms with Crippen molar-refractivity contribution in [3.05, 3.63) is 21.9 Å². The van der Waals surface area contributed by atoms with Gasteiger partial charge in [0.05, 0.1) is 12.6 Å². The summed E-state index contributed by atoms with van der Waals surface area (Å²) >= 11 is 1.77. The summed E-state index contributed by atoms with van der Waals surface area (Å²) in [5.74, 6) is 0.884. The lowest BCUT2D eigenvalue weighted by Gasteiger charge is -2.35. The predicted octanol–water partition coefficient (Wildman–Crippen LogP) is 2.53. The number of likely N-dealkylation sites (tertiary alicyclic amines) is 1. The number of thiophene rings is 1. The first-order valence-corrected chi connectivity index (χ1v) is 8.05. The van der Waals surface area contributed by atoms with Crippen molar-refractivity contribution in [2.75, 3.05) is 13.2 Å². The van der Waals surface area contributed by atoms with Gasteiger partial charge in [-0.15, -0.1) is 11.3 Å². The van der Waals surface area contributed by atoms with E-state index in [1.165, 1.54) is 10.4 Å². The fourth-order valence-corrected chi connectivity index (χ4v) is 4.32. The number of hydrogen-bond acceptors (Lipinski definition) is 3. The summed E-state index contributed by atoms with van der Waals surface area (Å²) < 4.78 is 0. The molecule has 1 amide bonds. The lowest BCUT2D eigenvalue weighted by atomic mass is 10.0. The summed E-state index contributed by atoms with van der Waals surface area (Å²) in [6, 6.07) is 2.20. The minimum Gasteiger partial charge on any atom is -0.394 e. The van der Waals surface area contributed by atoms with Gasteiger partial charge in [0.15, 0.2) is 0 Å². The Bertz CT molecular complexity index is 470. The molecule has 3 atom stereocenters. The fourth-order valence-electron chi connectivity index (χ4n) is 3.22. The molecule has 19 heavy (non-hydrogen) atoms. The molecule has 1 aromatic rings. The Labute approximate surface area is 118 Å². The zero-order valence-corrected chi connectivity index (χ0v) is 12.2. The summed E-state index contributed by atoms with van der Waals surface area (Å²) in [7, 11) is 0. The molecule has 0 aromatic carbocycles. The fraction of sp³-hybridized carbons (Fsp3) is 0.667. The quantitative estimate of drug-likeness (QED) is 0.923. The summed E-state index contributed by atoms with van der Waals surface area (Å²) in [6.07, 6.45) is 4.16. The van der Waals surface area contributed by atoms with Gasteiger partial charge in [-0.25, -0.2) is 0 Å². The highest BCUT2D eigenvalue weighted by molar-refractivity contribution is 7.10. The minimum absolute atomic E-state index is 0.0620. The number of nitrogens with zero attached hydrogens (tertiary/aromatic N) is 1. The van der Waals surface area contributed by atoms with Crippen LogP contribution in [0.2, 0.25) is 0 Å². The standard InChI is InChI=1S/C15H21NO2S/c1-10-5-7-19-14(10)12-8-13(12)15(18)16-6-3-2-4-11(16)9-17/h5,7,11-13,17H,2-4,6,8-9H2,1H3/t11-,12+,13+/m0/s1. The van der Waals surface area contributed by atoms with Crippen molar-refractivity contribution in [3.8, 4) is 0 Å². The number of aliphatic hydroxyl groups is 1. The third-order valence-electron chi connectivity index (χ3n) is 4.47. The van der Waals surface area contributed by atoms with Gasteiger partial charge in [-0.3, -0.25) is 4.79 Å². The minimum atomic E-state index is 0.0620. The largest absolute Gasteiger partial charge is 0.394 e. The average molecular weight is 279 g/mol. The van der Waals surface area contributed by atoms with Crippen molar-refractivity contribution in [2.45, 2.75) is 44.6 Å². The van der Waals surface area contributed by atoms with E-state index in [-0.39, 0.29) is 24.5 Å². The molecule has 1 N–H and O–H groups in total. The first-order chi connectivity index (χ1) is 9.22. The Balaban J connectivity index is 1.67. The molecule has 4 heteroatoms. The van der Waals surface area contributed by atoms with Gasteiger partial charge in [0, 0.05) is 23.3 Å². The zero-order chi connectivity index (χ0) is 13.4. The SMILES string of the molecule is Cc1ccsc1[C@@H]1C[C@H]1C(=O)N1CCCC[C@H]1CO. The van der Waals surface area contributed by atoms with Crippen LogP contribution in [0.25, 0.3) is 0 Å². The summed E-state index contributed by atoms with van der Waals surface area (Å²) in [5, 5.41) is 11.5. The zero-order valence-electron chi connectivity index (χ0n) is 11.3. The Morgan fingerprint density at radius 2 is 2.37 bits per heavy atom. The molecule has 3 nitrogen and oxygen atoms in total. The molecule has 1 aliphatic carbocycles. The molecule has 2 heterocycles. The van der Waals surface area contributed by atoms with Crippen LogP contribution in [0, 0.1) is 12.8 Å². The first-order valence-electron chi connectivity index (χ1n) is 7.17. The molecule has 3 rings (SSSR count). The monoisotopic (exact) mass is 279 g/mol. The Kier molecular flexibility index (Phi) is 3.63. The van der Waals surface area contributed by atoms with Crippen LogP contribution >= 0.6 is 11.3 Å². The van der Waals surface area contributed by atoms with Crippen LogP contribution in [0.5, 0.6) is 0 Å². The van der Waals surface area contributed by atoms with E-state index in [0.29, 0.717) is 5.92 Å². The number of rotatable bonds is 3. The lowest BCUT2D eigenvalue weighted by Crippen LogP contribution is -2.46. The van der Waals surface area contributed by atoms with E-state index in [0.717, 1.165) is 32.2 Å². The summed E-state index contributed by atoms with van der Waals surface area (Å²) in [5.41, 5.74) is 1.32. The van der Waals surface area contributed by atoms with Crippen LogP contribution in [0.15, 0.2) is 11.4 Å². The van der Waals surface area contributed by atoms with Gasteiger partial charge in [-0.2, -0.15) is 0 Å². The van der Waals surface area contributed by atoms with Gasteiger partial charge in [-0.1, -0.05) is 0 Å². The van der Waals surface area contributed by atoms with Crippen LogP contribution in [-0.2, 0) is 4.79 Å². The smallest absolute Gasteiger partial charge is 0.226 e. The Morgan fingerprint density at radius 1 is 1.53 bits per heavy atom. The van der Waals surface area contributed by atoms with Crippen molar-refractivity contribution < 1.29 is 9.90 Å². The van der Waals surface area contributed by atoms with Crippen molar-refractivity contribution in [2.24, 2.45) is 5.92 Å². The van der Waals surface area contributed by atoms with E-state index in [4.69, 9.17) is 0 Å². The molecule has 0 radical (unpaired) electrons. The summed E-state index contributed by atoms with van der Waals surface area (Å²) in [4.78, 5) is 15.9. The maximum atomic E-state index is 12.6. The third kappa shape index (κ3) is 2.43. The normalized spacial score (nSPS) is 30.4. The molecular formula is C15H21NO2S. The molecule has 2 fully saturated rings. The highest BCUT2D eigenvalue weighted by Crippen LogP contribution is 2.51. The lowest BCUT2D eigenvalue weighted by molar-refractivity contribution is -0.137. The Hall–Kier alpha value is -0.870. The van der Waals surface area contributed by atoms with E-state index in [1.54, 1.807) is 11.3 Å². The van der Waals surface area contributed by atoms with Gasteiger partial charge >= 0.3 is 0 Å². The number of aliphatic hydroxyl groups excluding tert-OH is 1. The topological polar surface area (TPSA) is 40.5 Å². The van der Waals surface area contributed by atoms with Gasteiger partial charge in [0.1, 0.15) is 0 Å². The molecule has 1 aliphatic heterocycles.